The maximum absolute atomic E-state index is 12.4. The van der Waals surface area contributed by atoms with Crippen LogP contribution in [0, 0.1) is 5.92 Å². The highest BCUT2D eigenvalue weighted by Crippen LogP contribution is 2.60. The highest BCUT2D eigenvalue weighted by molar-refractivity contribution is 5.96. The largest absolute Gasteiger partial charge is 0.507 e. The molecular weight excluding hydrogens is 450 g/mol. The molecular formula is C26H35N3O6. The molecule has 3 aliphatic carbocycles. The Labute approximate surface area is 204 Å². The molecule has 0 aromatic heterocycles. The smallest absolute Gasteiger partial charge is 0.321 e. The predicted octanol–water partition coefficient (Wildman–Crippen LogP) is 1.07. The lowest BCUT2D eigenvalue weighted by molar-refractivity contribution is -0.172. The number of hydrogen-bond acceptors (Lipinski definition) is 7. The number of carbonyl (C=O) groups excluding carboxylic acids is 2. The van der Waals surface area contributed by atoms with Crippen LogP contribution in [0.1, 0.15) is 73.4 Å². The van der Waals surface area contributed by atoms with E-state index in [1.165, 1.54) is 19.8 Å². The van der Waals surface area contributed by atoms with E-state index in [9.17, 15) is 29.7 Å². The first kappa shape index (κ1) is 24.2. The van der Waals surface area contributed by atoms with Gasteiger partial charge in [0.25, 0.3) is 5.91 Å². The maximum atomic E-state index is 12.4. The minimum atomic E-state index is -1.13. The number of rotatable bonds is 8. The van der Waals surface area contributed by atoms with Crippen LogP contribution >= 0.6 is 0 Å². The van der Waals surface area contributed by atoms with Crippen LogP contribution in [-0.2, 0) is 21.4 Å². The lowest BCUT2D eigenvalue weighted by atomic mass is 9.48. The van der Waals surface area contributed by atoms with Crippen LogP contribution in [0.3, 0.4) is 0 Å². The first-order valence-corrected chi connectivity index (χ1v) is 12.7. The summed E-state index contributed by atoms with van der Waals surface area (Å²) < 4.78 is 0. The van der Waals surface area contributed by atoms with Gasteiger partial charge >= 0.3 is 5.97 Å². The minimum absolute atomic E-state index is 0.0365. The van der Waals surface area contributed by atoms with Crippen molar-refractivity contribution in [1.29, 1.82) is 0 Å². The highest BCUT2D eigenvalue weighted by Gasteiger charge is 2.65. The van der Waals surface area contributed by atoms with Gasteiger partial charge in [-0.25, -0.2) is 0 Å². The summed E-state index contributed by atoms with van der Waals surface area (Å²) in [5.74, 6) is -1.52. The Balaban J connectivity index is 1.56. The van der Waals surface area contributed by atoms with Crippen molar-refractivity contribution in [3.63, 3.8) is 0 Å². The molecule has 1 amide bonds. The molecule has 0 spiro atoms. The van der Waals surface area contributed by atoms with E-state index in [1.54, 1.807) is 6.07 Å². The molecule has 1 unspecified atom stereocenters. The van der Waals surface area contributed by atoms with E-state index in [1.807, 2.05) is 6.07 Å². The van der Waals surface area contributed by atoms with E-state index in [2.05, 4.69) is 10.2 Å². The lowest BCUT2D eigenvalue weighted by Gasteiger charge is -2.65. The molecule has 1 aromatic carbocycles. The van der Waals surface area contributed by atoms with Crippen LogP contribution in [0.2, 0.25) is 0 Å². The van der Waals surface area contributed by atoms with E-state index in [-0.39, 0.29) is 35.6 Å². The van der Waals surface area contributed by atoms with Crippen molar-refractivity contribution in [3.8, 4) is 5.75 Å². The highest BCUT2D eigenvalue weighted by atomic mass is 16.4. The topological polar surface area (TPSA) is 153 Å². The molecule has 1 heterocycles. The number of ketones is 1. The number of carbonyl (C=O) groups is 3. The number of likely N-dealkylation sites (tertiary alicyclic amines) is 1. The average Bonchev–Trinajstić information content (AvgIpc) is 3.59. The van der Waals surface area contributed by atoms with Crippen LogP contribution in [0.5, 0.6) is 5.75 Å². The number of nitrogens with one attached hydrogen (secondary N) is 1. The number of benzene rings is 1. The molecule has 2 bridgehead atoms. The van der Waals surface area contributed by atoms with Crippen molar-refractivity contribution < 1.29 is 29.7 Å². The number of carboxylic acids is 1. The summed E-state index contributed by atoms with van der Waals surface area (Å²) >= 11 is 0. The summed E-state index contributed by atoms with van der Waals surface area (Å²) in [6, 6.07) is 2.01. The van der Waals surface area contributed by atoms with Gasteiger partial charge in [0.15, 0.2) is 0 Å². The number of hydrogen-bond donors (Lipinski definition) is 5. The number of amides is 1. The molecule has 3 fully saturated rings. The van der Waals surface area contributed by atoms with Crippen LogP contribution in [0.4, 0.5) is 0 Å². The number of nitrogens with two attached hydrogens (primary N) is 1. The molecule has 6 N–H and O–H groups in total. The van der Waals surface area contributed by atoms with Crippen molar-refractivity contribution in [3.05, 3.63) is 28.8 Å². The van der Waals surface area contributed by atoms with Crippen molar-refractivity contribution >= 4 is 17.7 Å². The van der Waals surface area contributed by atoms with E-state index in [0.717, 1.165) is 18.7 Å². The molecule has 9 nitrogen and oxygen atoms in total. The zero-order valence-corrected chi connectivity index (χ0v) is 20.1. The Hall–Kier alpha value is -2.49. The van der Waals surface area contributed by atoms with E-state index >= 15 is 0 Å². The summed E-state index contributed by atoms with van der Waals surface area (Å²) in [5, 5.41) is 36.5. The summed E-state index contributed by atoms with van der Waals surface area (Å²) in [5.41, 5.74) is 5.10. The molecule has 4 aliphatic rings. The number of aliphatic carboxylic acids is 1. The standard InChI is InChI=1S/C26H35N3O6/c1-14(30)10-19(24(33)34)28-17-6-7-26(35)20-11-16-4-5-18(23(27)32)22(31)21(16)25(26,12-17)8-9-29(20)13-15-2-3-15/h4-5,15,17,19-20,28,31,35H,2-3,6-13H2,1H3,(H2,27,32)(H,33,34)/t17-,19?,20-,25-,26-/m1/s1. The van der Waals surface area contributed by atoms with Gasteiger partial charge in [-0.05, 0) is 76.0 Å². The molecule has 5 rings (SSSR count). The summed E-state index contributed by atoms with van der Waals surface area (Å²) in [6.07, 6.45) is 4.86. The van der Waals surface area contributed by atoms with Crippen molar-refractivity contribution in [2.75, 3.05) is 13.1 Å². The van der Waals surface area contributed by atoms with Gasteiger partial charge in [0, 0.05) is 36.0 Å². The summed E-state index contributed by atoms with van der Waals surface area (Å²) in [6.45, 7) is 3.08. The minimum Gasteiger partial charge on any atom is -0.507 e. The third-order valence-electron chi connectivity index (χ3n) is 8.95. The van der Waals surface area contributed by atoms with Gasteiger partial charge in [-0.1, -0.05) is 6.07 Å². The van der Waals surface area contributed by atoms with Crippen LogP contribution in [0.25, 0.3) is 0 Å². The predicted molar refractivity (Wildman–Crippen MR) is 127 cm³/mol. The second-order valence-electron chi connectivity index (χ2n) is 11.2. The molecule has 9 heteroatoms. The van der Waals surface area contributed by atoms with Gasteiger partial charge in [0.2, 0.25) is 0 Å². The normalized spacial score (nSPS) is 32.9. The zero-order chi connectivity index (χ0) is 25.1. The van der Waals surface area contributed by atoms with E-state index in [0.29, 0.717) is 43.6 Å². The average molecular weight is 486 g/mol. The van der Waals surface area contributed by atoms with Gasteiger partial charge in [-0.2, -0.15) is 0 Å². The third kappa shape index (κ3) is 3.93. The number of primary amides is 1. The fourth-order valence-electron chi connectivity index (χ4n) is 7.20. The Kier molecular flexibility index (Phi) is 5.93. The Morgan fingerprint density at radius 3 is 2.60 bits per heavy atom. The monoisotopic (exact) mass is 485 g/mol. The zero-order valence-electron chi connectivity index (χ0n) is 20.1. The fourth-order valence-corrected chi connectivity index (χ4v) is 7.20. The number of phenols is 1. The van der Waals surface area contributed by atoms with Gasteiger partial charge in [0.05, 0.1) is 11.2 Å². The third-order valence-corrected chi connectivity index (χ3v) is 8.95. The quantitative estimate of drug-likeness (QED) is 0.367. The number of carboxylic acid groups (broad SMARTS) is 1. The SMILES string of the molecule is CC(=O)CC(N[C@@H]1CC[C@@]2(O)[C@H]3Cc4ccc(C(N)=O)c(O)c4[C@@]2(CCN3CC2CC2)C1)C(=O)O. The van der Waals surface area contributed by atoms with Crippen LogP contribution in [-0.4, -0.2) is 74.7 Å². The Bertz CT molecular complexity index is 1070. The second kappa shape index (κ2) is 8.57. The van der Waals surface area contributed by atoms with Crippen molar-refractivity contribution in [2.24, 2.45) is 11.7 Å². The number of nitrogens with zero attached hydrogens (tertiary/aromatic N) is 1. The van der Waals surface area contributed by atoms with Crippen LogP contribution in [0.15, 0.2) is 12.1 Å². The molecule has 5 atom stereocenters. The van der Waals surface area contributed by atoms with Crippen LogP contribution < -0.4 is 11.1 Å². The lowest BCUT2D eigenvalue weighted by Crippen LogP contribution is -2.74. The number of fused-ring (bicyclic) bond motifs is 1. The van der Waals surface area contributed by atoms with Gasteiger partial charge in [-0.3, -0.25) is 19.3 Å². The second-order valence-corrected chi connectivity index (χ2v) is 11.2. The van der Waals surface area contributed by atoms with Gasteiger partial charge in [0.1, 0.15) is 17.6 Å². The Morgan fingerprint density at radius 1 is 1.23 bits per heavy atom. The van der Waals surface area contributed by atoms with Gasteiger partial charge < -0.3 is 26.4 Å². The number of aliphatic hydroxyl groups is 1. The molecule has 35 heavy (non-hydrogen) atoms. The van der Waals surface area contributed by atoms with E-state index in [4.69, 9.17) is 5.73 Å². The van der Waals surface area contributed by atoms with Gasteiger partial charge in [-0.15, -0.1) is 0 Å². The number of aromatic hydroxyl groups is 1. The van der Waals surface area contributed by atoms with Crippen molar-refractivity contribution in [1.82, 2.24) is 10.2 Å². The molecule has 0 radical (unpaired) electrons. The van der Waals surface area contributed by atoms with Crippen molar-refractivity contribution in [2.45, 2.75) is 87.4 Å². The summed E-state index contributed by atoms with van der Waals surface area (Å²) in [7, 11) is 0. The Morgan fingerprint density at radius 2 is 1.97 bits per heavy atom. The van der Waals surface area contributed by atoms with E-state index < -0.39 is 28.9 Å². The molecule has 1 aromatic rings. The molecule has 1 saturated heterocycles. The first-order valence-electron chi connectivity index (χ1n) is 12.7. The number of Topliss-reactive ketones (excluding diaryl/α,β-unsaturated/α-hetero) is 1. The molecule has 1 aliphatic heterocycles. The number of piperidine rings is 1. The molecule has 2 saturated carbocycles. The first-order chi connectivity index (χ1) is 16.6. The fraction of sp³-hybridized carbons (Fsp3) is 0.654. The maximum Gasteiger partial charge on any atom is 0.321 e. The molecule has 190 valence electrons. The summed E-state index contributed by atoms with van der Waals surface area (Å²) in [4.78, 5) is 38.0.